The number of hydrogen-bond acceptors (Lipinski definition) is 6. The molecule has 3 rings (SSSR count). The van der Waals surface area contributed by atoms with Crippen LogP contribution in [-0.2, 0) is 14.3 Å². The van der Waals surface area contributed by atoms with Crippen LogP contribution in [0.2, 0.25) is 0 Å². The van der Waals surface area contributed by atoms with E-state index in [2.05, 4.69) is 15.4 Å². The second-order valence-electron chi connectivity index (χ2n) is 9.10. The van der Waals surface area contributed by atoms with Crippen LogP contribution in [0, 0.1) is 13.8 Å². The maximum Gasteiger partial charge on any atom is 0.347 e. The number of esters is 1. The standard InChI is InChI=1S/C25H31N5O6/c1-16-6-10-18(11-7-16)27-23(33)30(35)22-25(3,4)28(15-20(31)26-14-21(32)36-5)24(34)29(22)19-12-8-17(2)9-13-19/h6-13,22,35H,14-15H2,1-5H3,(H,26,31)(H,27,33). The molecule has 0 bridgehead atoms. The van der Waals surface area contributed by atoms with E-state index >= 15 is 0 Å². The summed E-state index contributed by atoms with van der Waals surface area (Å²) in [5.41, 5.74) is 1.64. The highest BCUT2D eigenvalue weighted by Crippen LogP contribution is 2.37. The summed E-state index contributed by atoms with van der Waals surface area (Å²) in [6.07, 6.45) is -1.19. The number of rotatable bonds is 7. The Morgan fingerprint density at radius 1 is 1.03 bits per heavy atom. The third-order valence-corrected chi connectivity index (χ3v) is 6.02. The number of aryl methyl sites for hydroxylation is 2. The van der Waals surface area contributed by atoms with Gasteiger partial charge in [0.2, 0.25) is 5.91 Å². The SMILES string of the molecule is COC(=O)CNC(=O)CN1C(=O)N(c2ccc(C)cc2)C(N(O)C(=O)Nc2ccc(C)cc2)C1(C)C. The van der Waals surface area contributed by atoms with Gasteiger partial charge in [0.25, 0.3) is 0 Å². The van der Waals surface area contributed by atoms with Gasteiger partial charge in [-0.3, -0.25) is 19.7 Å². The number of ether oxygens (including phenoxy) is 1. The third-order valence-electron chi connectivity index (χ3n) is 6.02. The molecule has 0 saturated carbocycles. The smallest absolute Gasteiger partial charge is 0.347 e. The first kappa shape index (κ1) is 26.5. The van der Waals surface area contributed by atoms with Crippen LogP contribution in [0.1, 0.15) is 25.0 Å². The maximum atomic E-state index is 13.6. The van der Waals surface area contributed by atoms with Crippen LogP contribution in [0.4, 0.5) is 21.0 Å². The normalized spacial score (nSPS) is 16.5. The Hall–Kier alpha value is -4.12. The van der Waals surface area contributed by atoms with E-state index in [0.29, 0.717) is 16.4 Å². The molecule has 1 atom stereocenters. The Morgan fingerprint density at radius 2 is 1.58 bits per heavy atom. The van der Waals surface area contributed by atoms with Gasteiger partial charge in [-0.05, 0) is 52.0 Å². The van der Waals surface area contributed by atoms with Gasteiger partial charge in [-0.15, -0.1) is 0 Å². The molecule has 1 unspecified atom stereocenters. The Labute approximate surface area is 209 Å². The molecule has 1 heterocycles. The lowest BCUT2D eigenvalue weighted by Crippen LogP contribution is -2.58. The minimum Gasteiger partial charge on any atom is -0.468 e. The van der Waals surface area contributed by atoms with Gasteiger partial charge in [0, 0.05) is 11.4 Å². The zero-order valence-corrected chi connectivity index (χ0v) is 20.9. The van der Waals surface area contributed by atoms with Gasteiger partial charge < -0.3 is 20.3 Å². The van der Waals surface area contributed by atoms with Crippen LogP contribution in [0.15, 0.2) is 48.5 Å². The maximum absolute atomic E-state index is 13.6. The van der Waals surface area contributed by atoms with E-state index in [-0.39, 0.29) is 6.54 Å². The molecular weight excluding hydrogens is 466 g/mol. The van der Waals surface area contributed by atoms with Crippen molar-refractivity contribution in [1.82, 2.24) is 15.3 Å². The average Bonchev–Trinajstić information content (AvgIpc) is 3.04. The summed E-state index contributed by atoms with van der Waals surface area (Å²) in [6, 6.07) is 12.6. The first-order valence-electron chi connectivity index (χ1n) is 11.3. The second-order valence-corrected chi connectivity index (χ2v) is 9.10. The lowest BCUT2D eigenvalue weighted by molar-refractivity contribution is -0.141. The molecular formula is C25H31N5O6. The highest BCUT2D eigenvalue weighted by Gasteiger charge is 2.56. The van der Waals surface area contributed by atoms with E-state index in [1.165, 1.54) is 16.9 Å². The summed E-state index contributed by atoms with van der Waals surface area (Å²) in [5, 5.41) is 16.6. The van der Waals surface area contributed by atoms with Crippen LogP contribution >= 0.6 is 0 Å². The van der Waals surface area contributed by atoms with Crippen LogP contribution in [0.25, 0.3) is 0 Å². The molecule has 2 aromatic carbocycles. The molecule has 36 heavy (non-hydrogen) atoms. The Kier molecular flexibility index (Phi) is 7.83. The number of hydroxylamine groups is 2. The number of nitrogens with one attached hydrogen (secondary N) is 2. The van der Waals surface area contributed by atoms with Crippen molar-refractivity contribution < 1.29 is 29.1 Å². The molecule has 0 aliphatic carbocycles. The van der Waals surface area contributed by atoms with Gasteiger partial charge in [0.15, 0.2) is 6.17 Å². The van der Waals surface area contributed by atoms with Gasteiger partial charge in [0.05, 0.1) is 12.6 Å². The van der Waals surface area contributed by atoms with Crippen molar-refractivity contribution >= 4 is 35.3 Å². The zero-order valence-electron chi connectivity index (χ0n) is 20.9. The fourth-order valence-corrected chi connectivity index (χ4v) is 3.94. The predicted molar refractivity (Wildman–Crippen MR) is 132 cm³/mol. The van der Waals surface area contributed by atoms with E-state index in [9.17, 15) is 24.4 Å². The van der Waals surface area contributed by atoms with Crippen LogP contribution < -0.4 is 15.5 Å². The first-order chi connectivity index (χ1) is 16.9. The molecule has 0 radical (unpaired) electrons. The Morgan fingerprint density at radius 3 is 2.14 bits per heavy atom. The fraction of sp³-hybridized carbons (Fsp3) is 0.360. The van der Waals surface area contributed by atoms with Crippen molar-refractivity contribution in [3.05, 3.63) is 59.7 Å². The molecule has 5 amide bonds. The number of amides is 5. The molecule has 1 fully saturated rings. The molecule has 11 nitrogen and oxygen atoms in total. The van der Waals surface area contributed by atoms with Crippen molar-refractivity contribution in [2.45, 2.75) is 39.4 Å². The number of hydrogen-bond donors (Lipinski definition) is 3. The molecule has 1 aliphatic heterocycles. The summed E-state index contributed by atoms with van der Waals surface area (Å²) in [4.78, 5) is 53.0. The van der Waals surface area contributed by atoms with Crippen LogP contribution in [-0.4, -0.2) is 71.0 Å². The lowest BCUT2D eigenvalue weighted by Gasteiger charge is -2.38. The van der Waals surface area contributed by atoms with Gasteiger partial charge in [-0.25, -0.2) is 9.59 Å². The molecule has 1 saturated heterocycles. The monoisotopic (exact) mass is 497 g/mol. The molecule has 11 heteroatoms. The van der Waals surface area contributed by atoms with Crippen molar-refractivity contribution in [2.75, 3.05) is 30.4 Å². The van der Waals surface area contributed by atoms with Crippen molar-refractivity contribution in [3.8, 4) is 0 Å². The summed E-state index contributed by atoms with van der Waals surface area (Å²) in [7, 11) is 1.20. The largest absolute Gasteiger partial charge is 0.468 e. The molecule has 3 N–H and O–H groups in total. The minimum absolute atomic E-state index is 0.353. The highest BCUT2D eigenvalue weighted by atomic mass is 16.5. The van der Waals surface area contributed by atoms with E-state index in [0.717, 1.165) is 11.1 Å². The molecule has 0 aromatic heterocycles. The summed E-state index contributed by atoms with van der Waals surface area (Å²) in [6.45, 7) is 6.32. The van der Waals surface area contributed by atoms with E-state index in [4.69, 9.17) is 0 Å². The fourth-order valence-electron chi connectivity index (χ4n) is 3.94. The number of urea groups is 2. The predicted octanol–water partition coefficient (Wildman–Crippen LogP) is 2.86. The van der Waals surface area contributed by atoms with Crippen molar-refractivity contribution in [1.29, 1.82) is 0 Å². The number of nitrogens with zero attached hydrogens (tertiary/aromatic N) is 3. The Bertz CT molecular complexity index is 1130. The number of benzene rings is 2. The summed E-state index contributed by atoms with van der Waals surface area (Å²) >= 11 is 0. The van der Waals surface area contributed by atoms with Crippen molar-refractivity contribution in [2.24, 2.45) is 0 Å². The summed E-state index contributed by atoms with van der Waals surface area (Å²) in [5.74, 6) is -1.23. The molecule has 1 aliphatic rings. The highest BCUT2D eigenvalue weighted by molar-refractivity contribution is 6.00. The van der Waals surface area contributed by atoms with Crippen LogP contribution in [0.3, 0.4) is 0 Å². The van der Waals surface area contributed by atoms with Gasteiger partial charge in [-0.1, -0.05) is 35.4 Å². The molecule has 2 aromatic rings. The van der Waals surface area contributed by atoms with Crippen LogP contribution in [0.5, 0.6) is 0 Å². The van der Waals surface area contributed by atoms with Gasteiger partial charge >= 0.3 is 18.0 Å². The topological polar surface area (TPSA) is 132 Å². The van der Waals surface area contributed by atoms with Gasteiger partial charge in [0.1, 0.15) is 13.1 Å². The summed E-state index contributed by atoms with van der Waals surface area (Å²) < 4.78 is 4.52. The number of carbonyl (C=O) groups excluding carboxylic acids is 4. The zero-order chi connectivity index (χ0) is 26.6. The lowest BCUT2D eigenvalue weighted by atomic mass is 9.99. The third kappa shape index (κ3) is 5.57. The average molecular weight is 498 g/mol. The van der Waals surface area contributed by atoms with E-state index in [1.807, 2.05) is 26.0 Å². The number of carbonyl (C=O) groups is 4. The first-order valence-corrected chi connectivity index (χ1v) is 11.3. The van der Waals surface area contributed by atoms with Gasteiger partial charge in [-0.2, -0.15) is 5.06 Å². The Balaban J connectivity index is 1.91. The molecule has 0 spiro atoms. The van der Waals surface area contributed by atoms with E-state index < -0.39 is 42.2 Å². The van der Waals surface area contributed by atoms with Crippen molar-refractivity contribution in [3.63, 3.8) is 0 Å². The minimum atomic E-state index is -1.22. The molecule has 192 valence electrons. The second kappa shape index (κ2) is 10.6. The quantitative estimate of drug-likeness (QED) is 0.306. The van der Waals surface area contributed by atoms with E-state index in [1.54, 1.807) is 50.2 Å². The number of methoxy groups -OCH3 is 1. The number of anilines is 2.